The molecule has 32 heavy (non-hydrogen) atoms. The lowest BCUT2D eigenvalue weighted by Gasteiger charge is -2.17. The second-order valence-electron chi connectivity index (χ2n) is 7.96. The second kappa shape index (κ2) is 9.86. The molecule has 0 aromatic carbocycles. The topological polar surface area (TPSA) is 109 Å². The van der Waals surface area contributed by atoms with Crippen LogP contribution in [0.25, 0.3) is 0 Å². The Bertz CT molecular complexity index is 979. The average molecular weight is 470 g/mol. The zero-order chi connectivity index (χ0) is 23.5. The lowest BCUT2D eigenvalue weighted by molar-refractivity contribution is -0.134. The number of hydrogen-bond donors (Lipinski definition) is 4. The predicted octanol–water partition coefficient (Wildman–Crippen LogP) is 2.39. The van der Waals surface area contributed by atoms with Crippen LogP contribution >= 0.6 is 11.3 Å². The fourth-order valence-corrected chi connectivity index (χ4v) is 4.59. The molecule has 0 saturated carbocycles. The first-order valence-corrected chi connectivity index (χ1v) is 11.0. The summed E-state index contributed by atoms with van der Waals surface area (Å²) in [6, 6.07) is 4.80. The van der Waals surface area contributed by atoms with Gasteiger partial charge in [0.1, 0.15) is 16.7 Å². The Labute approximate surface area is 188 Å². The van der Waals surface area contributed by atoms with Crippen molar-refractivity contribution in [3.05, 3.63) is 45.3 Å². The highest BCUT2D eigenvalue weighted by Crippen LogP contribution is 2.35. The number of hydrogen-bond acceptors (Lipinski definition) is 6. The van der Waals surface area contributed by atoms with Gasteiger partial charge in [-0.3, -0.25) is 9.59 Å². The van der Waals surface area contributed by atoms with Crippen LogP contribution in [0.4, 0.5) is 19.0 Å². The minimum atomic E-state index is -4.33. The Balaban J connectivity index is 1.45. The summed E-state index contributed by atoms with van der Waals surface area (Å²) < 4.78 is 38.3. The van der Waals surface area contributed by atoms with Crippen molar-refractivity contribution in [1.29, 1.82) is 0 Å². The quantitative estimate of drug-likeness (QED) is 0.498. The molecule has 0 unspecified atom stereocenters. The third-order valence-corrected chi connectivity index (χ3v) is 6.54. The van der Waals surface area contributed by atoms with Gasteiger partial charge < -0.3 is 21.7 Å². The van der Waals surface area contributed by atoms with Gasteiger partial charge in [-0.05, 0) is 62.9 Å². The van der Waals surface area contributed by atoms with Crippen molar-refractivity contribution >= 4 is 29.0 Å². The molecule has 1 aliphatic heterocycles. The van der Waals surface area contributed by atoms with E-state index >= 15 is 0 Å². The molecule has 0 spiro atoms. The van der Waals surface area contributed by atoms with Gasteiger partial charge in [-0.1, -0.05) is 6.07 Å². The average Bonchev–Trinajstić information content (AvgIpc) is 3.37. The van der Waals surface area contributed by atoms with Crippen molar-refractivity contribution < 1.29 is 22.8 Å². The predicted molar refractivity (Wildman–Crippen MR) is 116 cm³/mol. The van der Waals surface area contributed by atoms with Crippen LogP contribution in [0.5, 0.6) is 0 Å². The zero-order valence-corrected chi connectivity index (χ0v) is 18.6. The first-order chi connectivity index (χ1) is 15.0. The summed E-state index contributed by atoms with van der Waals surface area (Å²) in [6.45, 7) is 4.19. The van der Waals surface area contributed by atoms with Gasteiger partial charge in [-0.25, -0.2) is 4.98 Å². The number of anilines is 1. The Kier molecular flexibility index (Phi) is 7.40. The summed E-state index contributed by atoms with van der Waals surface area (Å²) in [5.74, 6) is -0.180. The van der Waals surface area contributed by atoms with Gasteiger partial charge in [-0.15, -0.1) is 11.3 Å². The van der Waals surface area contributed by atoms with Crippen molar-refractivity contribution in [1.82, 2.24) is 20.9 Å². The van der Waals surface area contributed by atoms with Crippen molar-refractivity contribution in [3.8, 4) is 0 Å². The normalized spacial score (nSPS) is 19.5. The number of thiophene rings is 1. The van der Waals surface area contributed by atoms with Crippen LogP contribution in [0.15, 0.2) is 24.3 Å². The number of nitrogens with two attached hydrogens (primary N) is 1. The van der Waals surface area contributed by atoms with Gasteiger partial charge in [0.05, 0.1) is 6.04 Å². The molecule has 0 aliphatic carbocycles. The Hall–Kier alpha value is -2.66. The van der Waals surface area contributed by atoms with Gasteiger partial charge in [0.15, 0.2) is 0 Å². The molecule has 2 aromatic heterocycles. The van der Waals surface area contributed by atoms with E-state index in [-0.39, 0.29) is 24.3 Å². The highest BCUT2D eigenvalue weighted by atomic mass is 32.1. The summed E-state index contributed by atoms with van der Waals surface area (Å²) >= 11 is 0.739. The number of rotatable bonds is 7. The molecule has 11 heteroatoms. The molecule has 5 N–H and O–H groups in total. The number of nitrogens with one attached hydrogen (secondary N) is 3. The van der Waals surface area contributed by atoms with Crippen LogP contribution in [0, 0.1) is 12.8 Å². The van der Waals surface area contributed by atoms with Crippen LogP contribution in [0.1, 0.15) is 34.4 Å². The monoisotopic (exact) mass is 469 g/mol. The molecule has 0 bridgehead atoms. The fraction of sp³-hybridized carbons (Fsp3) is 0.476. The number of aryl methyl sites for hydroxylation is 1. The Morgan fingerprint density at radius 3 is 2.72 bits per heavy atom. The first-order valence-electron chi connectivity index (χ1n) is 10.2. The third kappa shape index (κ3) is 6.19. The van der Waals surface area contributed by atoms with Crippen molar-refractivity contribution in [2.24, 2.45) is 5.92 Å². The van der Waals surface area contributed by atoms with Gasteiger partial charge >= 0.3 is 6.18 Å². The standard InChI is InChI=1S/C21H26F3N5O2S/c1-11-14(3-6-18(25)28-11)10-27-19(30)12(2)29-20(31)16-8-13(9-26-16)7-15-4-5-17(32-15)21(22,23)24/h3-6,12-13,16,26H,7-10H2,1-2H3,(H2,25,28)(H,27,30)(H,29,31)/t12-,13-,16+/m0/s1. The number of nitrogens with zero attached hydrogens (tertiary/aromatic N) is 1. The molecule has 1 fully saturated rings. The Morgan fingerprint density at radius 2 is 2.06 bits per heavy atom. The molecule has 3 rings (SSSR count). The van der Waals surface area contributed by atoms with Crippen molar-refractivity contribution in [2.45, 2.75) is 51.5 Å². The van der Waals surface area contributed by atoms with Gasteiger partial charge in [-0.2, -0.15) is 13.2 Å². The highest BCUT2D eigenvalue weighted by Gasteiger charge is 2.34. The van der Waals surface area contributed by atoms with Crippen LogP contribution in [0.2, 0.25) is 0 Å². The van der Waals surface area contributed by atoms with Crippen molar-refractivity contribution in [2.75, 3.05) is 12.3 Å². The number of carbonyl (C=O) groups excluding carboxylic acids is 2. The van der Waals surface area contributed by atoms with E-state index in [1.54, 1.807) is 26.0 Å². The summed E-state index contributed by atoms with van der Waals surface area (Å²) in [4.78, 5) is 29.1. The number of halogens is 3. The number of carbonyl (C=O) groups is 2. The molecular formula is C21H26F3N5O2S. The first kappa shape index (κ1) is 24.0. The molecule has 2 aromatic rings. The van der Waals surface area contributed by atoms with Gasteiger partial charge in [0, 0.05) is 17.1 Å². The number of nitrogen functional groups attached to an aromatic ring is 1. The molecule has 0 radical (unpaired) electrons. The maximum absolute atomic E-state index is 12.8. The third-order valence-electron chi connectivity index (χ3n) is 5.39. The van der Waals surface area contributed by atoms with Crippen LogP contribution in [-0.4, -0.2) is 35.4 Å². The number of aromatic nitrogens is 1. The fourth-order valence-electron chi connectivity index (χ4n) is 3.60. The van der Waals surface area contributed by atoms with Crippen LogP contribution in [0.3, 0.4) is 0 Å². The van der Waals surface area contributed by atoms with E-state index in [0.717, 1.165) is 28.7 Å². The summed E-state index contributed by atoms with van der Waals surface area (Å²) in [5.41, 5.74) is 7.17. The number of pyridine rings is 1. The highest BCUT2D eigenvalue weighted by molar-refractivity contribution is 7.12. The molecule has 2 amide bonds. The molecule has 3 atom stereocenters. The van der Waals surface area contributed by atoms with Crippen LogP contribution in [-0.2, 0) is 28.7 Å². The number of amides is 2. The molecule has 7 nitrogen and oxygen atoms in total. The summed E-state index contributed by atoms with van der Waals surface area (Å²) in [7, 11) is 0. The van der Waals surface area contributed by atoms with E-state index in [2.05, 4.69) is 20.9 Å². The van der Waals surface area contributed by atoms with Crippen molar-refractivity contribution in [3.63, 3.8) is 0 Å². The lowest BCUT2D eigenvalue weighted by atomic mass is 10.0. The zero-order valence-electron chi connectivity index (χ0n) is 17.8. The smallest absolute Gasteiger partial charge is 0.384 e. The maximum atomic E-state index is 12.8. The van der Waals surface area contributed by atoms with E-state index < -0.39 is 23.1 Å². The minimum absolute atomic E-state index is 0.0515. The van der Waals surface area contributed by atoms with E-state index in [0.29, 0.717) is 30.1 Å². The summed E-state index contributed by atoms with van der Waals surface area (Å²) in [5, 5.41) is 8.56. The number of alkyl halides is 3. The van der Waals surface area contributed by atoms with E-state index in [1.807, 2.05) is 0 Å². The SMILES string of the molecule is Cc1nc(N)ccc1CNC(=O)[C@H](C)NC(=O)[C@H]1C[C@H](Cc2ccc(C(F)(F)F)s2)CN1. The molecular weight excluding hydrogens is 443 g/mol. The molecule has 1 saturated heterocycles. The second-order valence-corrected chi connectivity index (χ2v) is 9.13. The summed E-state index contributed by atoms with van der Waals surface area (Å²) in [6.07, 6.45) is -3.36. The Morgan fingerprint density at radius 1 is 1.31 bits per heavy atom. The minimum Gasteiger partial charge on any atom is -0.384 e. The maximum Gasteiger partial charge on any atom is 0.425 e. The van der Waals surface area contributed by atoms with E-state index in [1.165, 1.54) is 6.07 Å². The van der Waals surface area contributed by atoms with E-state index in [4.69, 9.17) is 5.73 Å². The molecule has 3 heterocycles. The van der Waals surface area contributed by atoms with E-state index in [9.17, 15) is 22.8 Å². The van der Waals surface area contributed by atoms with Gasteiger partial charge in [0.25, 0.3) is 0 Å². The lowest BCUT2D eigenvalue weighted by Crippen LogP contribution is -2.50. The molecule has 174 valence electrons. The van der Waals surface area contributed by atoms with Crippen LogP contribution < -0.4 is 21.7 Å². The molecule has 1 aliphatic rings. The largest absolute Gasteiger partial charge is 0.425 e. The van der Waals surface area contributed by atoms with Gasteiger partial charge in [0.2, 0.25) is 11.8 Å².